The van der Waals surface area contributed by atoms with Crippen LogP contribution in [0.5, 0.6) is 0 Å². The van der Waals surface area contributed by atoms with Gasteiger partial charge in [-0.1, -0.05) is 12.1 Å². The van der Waals surface area contributed by atoms with Crippen LogP contribution in [0.25, 0.3) is 0 Å². The minimum absolute atomic E-state index is 0.00888. The fourth-order valence-corrected chi connectivity index (χ4v) is 1.93. The maximum Gasteiger partial charge on any atom is 0.446 e. The Hall–Kier alpha value is -1.50. The molecule has 3 nitrogen and oxygen atoms in total. The third-order valence-corrected chi connectivity index (χ3v) is 2.94. The number of Topliss-reactive ketones (excluding diaryl/α,β-unsaturated/α-hetero) is 1. The van der Waals surface area contributed by atoms with Crippen molar-refractivity contribution < 1.29 is 27.9 Å². The van der Waals surface area contributed by atoms with Gasteiger partial charge in [0.05, 0.1) is 0 Å². The van der Waals surface area contributed by atoms with Gasteiger partial charge in [-0.05, 0) is 30.3 Å². The number of aliphatic carboxylic acids is 1. The van der Waals surface area contributed by atoms with E-state index in [1.165, 1.54) is 24.3 Å². The van der Waals surface area contributed by atoms with Crippen molar-refractivity contribution in [1.29, 1.82) is 0 Å². The molecule has 0 radical (unpaired) electrons. The number of rotatable bonds is 6. The number of carboxylic acids is 1. The zero-order valence-corrected chi connectivity index (χ0v) is 10.6. The number of carbonyl (C=O) groups is 2. The zero-order chi connectivity index (χ0) is 14.5. The van der Waals surface area contributed by atoms with Crippen LogP contribution in [-0.2, 0) is 4.79 Å². The number of benzene rings is 1. The lowest BCUT2D eigenvalue weighted by atomic mass is 10.1. The van der Waals surface area contributed by atoms with Crippen molar-refractivity contribution >= 4 is 23.5 Å². The second-order valence-electron chi connectivity index (χ2n) is 3.74. The Balaban J connectivity index is 2.56. The van der Waals surface area contributed by atoms with Crippen LogP contribution in [0.4, 0.5) is 13.2 Å². The second-order valence-corrected chi connectivity index (χ2v) is 4.88. The van der Waals surface area contributed by atoms with Gasteiger partial charge in [-0.15, -0.1) is 0 Å². The topological polar surface area (TPSA) is 54.4 Å². The van der Waals surface area contributed by atoms with E-state index in [9.17, 15) is 22.8 Å². The van der Waals surface area contributed by atoms with E-state index < -0.39 is 11.5 Å². The molecule has 0 saturated carbocycles. The summed E-state index contributed by atoms with van der Waals surface area (Å²) in [6, 6.07) is 5.08. The number of hydrogen-bond acceptors (Lipinski definition) is 3. The highest BCUT2D eigenvalue weighted by Crippen LogP contribution is 2.36. The number of carbonyl (C=O) groups excluding carboxylic acids is 1. The monoisotopic (exact) mass is 292 g/mol. The van der Waals surface area contributed by atoms with E-state index in [1.807, 2.05) is 0 Å². The molecule has 1 aromatic rings. The summed E-state index contributed by atoms with van der Waals surface area (Å²) in [7, 11) is 0. The smallest absolute Gasteiger partial charge is 0.446 e. The fraction of sp³-hybridized carbons (Fsp3) is 0.333. The maximum atomic E-state index is 12.1. The molecule has 104 valence electrons. The molecule has 0 aliphatic rings. The van der Waals surface area contributed by atoms with Gasteiger partial charge < -0.3 is 5.11 Å². The second kappa shape index (κ2) is 6.60. The summed E-state index contributed by atoms with van der Waals surface area (Å²) in [6.07, 6.45) is 0.180. The lowest BCUT2D eigenvalue weighted by Gasteiger charge is -2.06. The van der Waals surface area contributed by atoms with Gasteiger partial charge in [0.2, 0.25) is 0 Å². The SMILES string of the molecule is O=C(O)CCCC(=O)c1ccc(SC(F)(F)F)cc1. The lowest BCUT2D eigenvalue weighted by molar-refractivity contribution is -0.137. The maximum absolute atomic E-state index is 12.1. The normalized spacial score (nSPS) is 11.3. The van der Waals surface area contributed by atoms with E-state index in [2.05, 4.69) is 0 Å². The first-order chi connectivity index (χ1) is 8.78. The summed E-state index contributed by atoms with van der Waals surface area (Å²) in [5.74, 6) is -1.26. The number of thioether (sulfide) groups is 1. The minimum atomic E-state index is -4.35. The number of carboxylic acid groups (broad SMARTS) is 1. The van der Waals surface area contributed by atoms with Crippen LogP contribution in [0.15, 0.2) is 29.2 Å². The molecule has 0 saturated heterocycles. The van der Waals surface area contributed by atoms with Crippen LogP contribution in [0.2, 0.25) is 0 Å². The molecule has 0 heterocycles. The molecule has 19 heavy (non-hydrogen) atoms. The van der Waals surface area contributed by atoms with Crippen molar-refractivity contribution in [2.24, 2.45) is 0 Å². The number of alkyl halides is 3. The molecule has 0 aliphatic heterocycles. The largest absolute Gasteiger partial charge is 0.481 e. The molecule has 0 unspecified atom stereocenters. The average Bonchev–Trinajstić information content (AvgIpc) is 2.27. The summed E-state index contributed by atoms with van der Waals surface area (Å²) >= 11 is -0.246. The van der Waals surface area contributed by atoms with Crippen LogP contribution >= 0.6 is 11.8 Å². The Kier molecular flexibility index (Phi) is 5.41. The first-order valence-corrected chi connectivity index (χ1v) is 6.20. The van der Waals surface area contributed by atoms with Gasteiger partial charge in [0.1, 0.15) is 0 Å². The van der Waals surface area contributed by atoms with Gasteiger partial charge in [-0.25, -0.2) is 0 Å². The molecule has 1 aromatic carbocycles. The molecule has 0 aromatic heterocycles. The third-order valence-electron chi connectivity index (χ3n) is 2.20. The first-order valence-electron chi connectivity index (χ1n) is 5.39. The summed E-state index contributed by atoms with van der Waals surface area (Å²) < 4.78 is 36.2. The molecule has 0 aliphatic carbocycles. The molecule has 1 N–H and O–H groups in total. The highest BCUT2D eigenvalue weighted by Gasteiger charge is 2.29. The van der Waals surface area contributed by atoms with E-state index in [-0.39, 0.29) is 47.3 Å². The molecule has 0 fully saturated rings. The Morgan fingerprint density at radius 3 is 2.16 bits per heavy atom. The number of halogens is 3. The van der Waals surface area contributed by atoms with Gasteiger partial charge in [-0.3, -0.25) is 9.59 Å². The van der Waals surface area contributed by atoms with E-state index >= 15 is 0 Å². The van der Waals surface area contributed by atoms with Crippen molar-refractivity contribution in [1.82, 2.24) is 0 Å². The Bertz CT molecular complexity index is 454. The molecule has 0 bridgehead atoms. The van der Waals surface area contributed by atoms with Crippen molar-refractivity contribution in [3.05, 3.63) is 29.8 Å². The van der Waals surface area contributed by atoms with Crippen molar-refractivity contribution in [3.63, 3.8) is 0 Å². The summed E-state index contributed by atoms with van der Waals surface area (Å²) in [6.45, 7) is 0. The molecular formula is C12H11F3O3S. The number of ketones is 1. The first kappa shape index (κ1) is 15.6. The predicted octanol–water partition coefficient (Wildman–Crippen LogP) is 3.74. The predicted molar refractivity (Wildman–Crippen MR) is 64.2 cm³/mol. The summed E-state index contributed by atoms with van der Waals surface area (Å²) in [5.41, 5.74) is -4.07. The van der Waals surface area contributed by atoms with Gasteiger partial charge in [0.25, 0.3) is 0 Å². The van der Waals surface area contributed by atoms with Gasteiger partial charge in [0, 0.05) is 23.3 Å². The van der Waals surface area contributed by atoms with Crippen molar-refractivity contribution in [3.8, 4) is 0 Å². The van der Waals surface area contributed by atoms with Gasteiger partial charge >= 0.3 is 11.5 Å². The zero-order valence-electron chi connectivity index (χ0n) is 9.74. The van der Waals surface area contributed by atoms with Crippen LogP contribution in [0.1, 0.15) is 29.6 Å². The van der Waals surface area contributed by atoms with Gasteiger partial charge in [-0.2, -0.15) is 13.2 Å². The Labute approximate surface area is 111 Å². The highest BCUT2D eigenvalue weighted by molar-refractivity contribution is 8.00. The van der Waals surface area contributed by atoms with E-state index in [4.69, 9.17) is 5.11 Å². The molecular weight excluding hydrogens is 281 g/mol. The summed E-state index contributed by atoms with van der Waals surface area (Å²) in [4.78, 5) is 21.9. The molecule has 1 rings (SSSR count). The van der Waals surface area contributed by atoms with Crippen LogP contribution in [0.3, 0.4) is 0 Å². The Morgan fingerprint density at radius 2 is 1.68 bits per heavy atom. The van der Waals surface area contributed by atoms with Crippen LogP contribution in [0, 0.1) is 0 Å². The molecule has 7 heteroatoms. The fourth-order valence-electron chi connectivity index (χ4n) is 1.39. The van der Waals surface area contributed by atoms with Gasteiger partial charge in [0.15, 0.2) is 5.78 Å². The third kappa shape index (κ3) is 6.28. The van der Waals surface area contributed by atoms with E-state index in [0.29, 0.717) is 0 Å². The number of hydrogen-bond donors (Lipinski definition) is 1. The average molecular weight is 292 g/mol. The minimum Gasteiger partial charge on any atom is -0.481 e. The van der Waals surface area contributed by atoms with E-state index in [0.717, 1.165) is 0 Å². The van der Waals surface area contributed by atoms with Crippen molar-refractivity contribution in [2.75, 3.05) is 0 Å². The van der Waals surface area contributed by atoms with Crippen molar-refractivity contribution in [2.45, 2.75) is 29.7 Å². The molecule has 0 spiro atoms. The Morgan fingerprint density at radius 1 is 1.11 bits per heavy atom. The molecule has 0 amide bonds. The highest BCUT2D eigenvalue weighted by atomic mass is 32.2. The quantitative estimate of drug-likeness (QED) is 0.641. The summed E-state index contributed by atoms with van der Waals surface area (Å²) in [5, 5.41) is 8.42. The standard InChI is InChI=1S/C12H11F3O3S/c13-12(14,15)19-9-6-4-8(5-7-9)10(16)2-1-3-11(17)18/h4-7H,1-3H2,(H,17,18). The van der Waals surface area contributed by atoms with Crippen LogP contribution in [-0.4, -0.2) is 22.4 Å². The van der Waals surface area contributed by atoms with E-state index in [1.54, 1.807) is 0 Å². The molecule has 0 atom stereocenters. The van der Waals surface area contributed by atoms with Crippen LogP contribution < -0.4 is 0 Å². The lowest BCUT2D eigenvalue weighted by Crippen LogP contribution is -2.02.